The van der Waals surface area contributed by atoms with E-state index < -0.39 is 12.2 Å². The minimum absolute atomic E-state index is 0.0154. The molecule has 27 heavy (non-hydrogen) atoms. The van der Waals surface area contributed by atoms with Crippen molar-refractivity contribution in [2.45, 2.75) is 26.7 Å². The van der Waals surface area contributed by atoms with Gasteiger partial charge < -0.3 is 14.7 Å². The Hall–Kier alpha value is -3.09. The molecule has 146 valence electrons. The van der Waals surface area contributed by atoms with Gasteiger partial charge in [0.1, 0.15) is 6.07 Å². The van der Waals surface area contributed by atoms with Crippen LogP contribution in [0.5, 0.6) is 0 Å². The van der Waals surface area contributed by atoms with Gasteiger partial charge in [-0.3, -0.25) is 5.01 Å². The van der Waals surface area contributed by atoms with E-state index in [9.17, 15) is 9.59 Å². The van der Waals surface area contributed by atoms with E-state index in [1.54, 1.807) is 6.07 Å². The molecule has 2 amide bonds. The summed E-state index contributed by atoms with van der Waals surface area (Å²) in [4.78, 5) is 32.4. The lowest BCUT2D eigenvalue weighted by atomic mass is 9.98. The molecule has 0 aromatic carbocycles. The summed E-state index contributed by atoms with van der Waals surface area (Å²) in [6, 6.07) is 3.47. The summed E-state index contributed by atoms with van der Waals surface area (Å²) < 4.78 is 5.30. The average molecular weight is 376 g/mol. The fourth-order valence-electron chi connectivity index (χ4n) is 2.74. The van der Waals surface area contributed by atoms with E-state index in [2.05, 4.69) is 15.4 Å². The van der Waals surface area contributed by atoms with Crippen molar-refractivity contribution in [3.8, 4) is 6.07 Å². The number of hydrogen-bond acceptors (Lipinski definition) is 7. The number of amides is 2. The third kappa shape index (κ3) is 6.29. The van der Waals surface area contributed by atoms with Crippen molar-refractivity contribution < 1.29 is 19.4 Å². The topological polar surface area (TPSA) is 132 Å². The zero-order valence-electron chi connectivity index (χ0n) is 15.5. The Balaban J connectivity index is 1.88. The molecule has 10 nitrogen and oxygen atoms in total. The van der Waals surface area contributed by atoms with Gasteiger partial charge in [0, 0.05) is 31.9 Å². The number of likely N-dealkylation sites (tertiary alicyclic amines) is 1. The molecule has 1 aromatic rings. The Labute approximate surface area is 157 Å². The highest BCUT2D eigenvalue weighted by molar-refractivity contribution is 5.69. The van der Waals surface area contributed by atoms with Crippen molar-refractivity contribution in [3.05, 3.63) is 18.1 Å². The van der Waals surface area contributed by atoms with Crippen LogP contribution < -0.4 is 10.4 Å². The average Bonchev–Trinajstić information content (AvgIpc) is 2.66. The predicted octanol–water partition coefficient (Wildman–Crippen LogP) is 1.84. The Bertz CT molecular complexity index is 697. The zero-order valence-corrected chi connectivity index (χ0v) is 15.5. The molecule has 1 aliphatic rings. The van der Waals surface area contributed by atoms with Crippen molar-refractivity contribution >= 4 is 18.0 Å². The van der Waals surface area contributed by atoms with Gasteiger partial charge in [-0.2, -0.15) is 10.2 Å². The van der Waals surface area contributed by atoms with Crippen LogP contribution in [0.2, 0.25) is 0 Å². The first kappa shape index (κ1) is 20.2. The molecule has 0 bridgehead atoms. The van der Waals surface area contributed by atoms with Gasteiger partial charge in [0.2, 0.25) is 5.82 Å². The largest absolute Gasteiger partial charge is 0.465 e. The van der Waals surface area contributed by atoms with E-state index in [0.717, 1.165) is 0 Å². The molecule has 0 radical (unpaired) electrons. The summed E-state index contributed by atoms with van der Waals surface area (Å²) in [7, 11) is 0. The molecule has 1 saturated heterocycles. The third-order valence-electron chi connectivity index (χ3n) is 4.13. The van der Waals surface area contributed by atoms with Crippen LogP contribution in [0.4, 0.5) is 15.4 Å². The molecule has 0 spiro atoms. The van der Waals surface area contributed by atoms with Gasteiger partial charge in [0.15, 0.2) is 5.82 Å². The Morgan fingerprint density at radius 2 is 2.19 bits per heavy atom. The van der Waals surface area contributed by atoms with Crippen LogP contribution in [0.15, 0.2) is 12.3 Å². The number of nitrogens with zero attached hydrogens (tertiary/aromatic N) is 5. The molecule has 2 rings (SSSR count). The SMILES string of the molecule is CC(C)CN(NC(=O)OCC1CCN(C(=O)O)CC1)c1ccnc(C#N)n1. The van der Waals surface area contributed by atoms with Gasteiger partial charge in [-0.25, -0.2) is 20.0 Å². The molecule has 0 atom stereocenters. The molecule has 2 heterocycles. The van der Waals surface area contributed by atoms with Gasteiger partial charge in [-0.15, -0.1) is 0 Å². The van der Waals surface area contributed by atoms with E-state index in [0.29, 0.717) is 38.3 Å². The molecule has 0 aliphatic carbocycles. The number of piperidine rings is 1. The molecule has 1 fully saturated rings. The van der Waals surface area contributed by atoms with Gasteiger partial charge >= 0.3 is 12.2 Å². The number of carbonyl (C=O) groups is 2. The number of ether oxygens (including phenoxy) is 1. The van der Waals surface area contributed by atoms with Crippen LogP contribution in [0.1, 0.15) is 32.5 Å². The summed E-state index contributed by atoms with van der Waals surface area (Å²) in [5.74, 6) is 0.781. The first-order valence-electron chi connectivity index (χ1n) is 8.81. The lowest BCUT2D eigenvalue weighted by Crippen LogP contribution is -2.46. The molecule has 2 N–H and O–H groups in total. The second-order valence-corrected chi connectivity index (χ2v) is 6.78. The normalized spacial score (nSPS) is 14.5. The number of rotatable bonds is 6. The number of nitriles is 1. The van der Waals surface area contributed by atoms with Crippen molar-refractivity contribution in [2.75, 3.05) is 31.3 Å². The van der Waals surface area contributed by atoms with E-state index in [4.69, 9.17) is 15.1 Å². The van der Waals surface area contributed by atoms with Crippen molar-refractivity contribution in [2.24, 2.45) is 11.8 Å². The highest BCUT2D eigenvalue weighted by atomic mass is 16.6. The maximum absolute atomic E-state index is 12.2. The molecule has 1 aliphatic heterocycles. The Morgan fingerprint density at radius 3 is 2.78 bits per heavy atom. The van der Waals surface area contributed by atoms with Gasteiger partial charge in [-0.05, 0) is 24.7 Å². The zero-order chi connectivity index (χ0) is 19.8. The molecule has 0 unspecified atom stereocenters. The summed E-state index contributed by atoms with van der Waals surface area (Å²) in [6.45, 7) is 5.58. The highest BCUT2D eigenvalue weighted by Crippen LogP contribution is 2.17. The van der Waals surface area contributed by atoms with Gasteiger partial charge in [-0.1, -0.05) is 13.8 Å². The number of carbonyl (C=O) groups excluding carboxylic acids is 1. The van der Waals surface area contributed by atoms with Crippen LogP contribution in [-0.2, 0) is 4.74 Å². The minimum Gasteiger partial charge on any atom is -0.465 e. The van der Waals surface area contributed by atoms with Crippen molar-refractivity contribution in [1.29, 1.82) is 5.26 Å². The van der Waals surface area contributed by atoms with Gasteiger partial charge in [0.25, 0.3) is 0 Å². The Kier molecular flexibility index (Phi) is 7.16. The van der Waals surface area contributed by atoms with Crippen LogP contribution in [0.3, 0.4) is 0 Å². The quantitative estimate of drug-likeness (QED) is 0.719. The monoisotopic (exact) mass is 376 g/mol. The van der Waals surface area contributed by atoms with Crippen LogP contribution in [0.25, 0.3) is 0 Å². The fraction of sp³-hybridized carbons (Fsp3) is 0.588. The number of aromatic nitrogens is 2. The summed E-state index contributed by atoms with van der Waals surface area (Å²) in [5.41, 5.74) is 2.65. The van der Waals surface area contributed by atoms with Crippen molar-refractivity contribution in [3.63, 3.8) is 0 Å². The summed E-state index contributed by atoms with van der Waals surface area (Å²) in [5, 5.41) is 19.4. The molecule has 10 heteroatoms. The van der Waals surface area contributed by atoms with Crippen LogP contribution >= 0.6 is 0 Å². The second-order valence-electron chi connectivity index (χ2n) is 6.78. The smallest absolute Gasteiger partial charge is 0.426 e. The number of nitrogens with one attached hydrogen (secondary N) is 1. The van der Waals surface area contributed by atoms with E-state index in [1.807, 2.05) is 19.9 Å². The van der Waals surface area contributed by atoms with Gasteiger partial charge in [0.05, 0.1) is 6.61 Å². The predicted molar refractivity (Wildman–Crippen MR) is 95.7 cm³/mol. The number of hydrazine groups is 1. The maximum Gasteiger partial charge on any atom is 0.426 e. The molecule has 0 saturated carbocycles. The lowest BCUT2D eigenvalue weighted by Gasteiger charge is -2.30. The summed E-state index contributed by atoms with van der Waals surface area (Å²) >= 11 is 0. The highest BCUT2D eigenvalue weighted by Gasteiger charge is 2.23. The van der Waals surface area contributed by atoms with E-state index in [1.165, 1.54) is 16.1 Å². The number of carboxylic acid groups (broad SMARTS) is 1. The maximum atomic E-state index is 12.2. The van der Waals surface area contributed by atoms with E-state index in [-0.39, 0.29) is 24.3 Å². The van der Waals surface area contributed by atoms with E-state index >= 15 is 0 Å². The second kappa shape index (κ2) is 9.56. The van der Waals surface area contributed by atoms with Crippen LogP contribution in [-0.4, -0.2) is 58.4 Å². The molecule has 1 aromatic heterocycles. The molecular weight excluding hydrogens is 352 g/mol. The number of hydrogen-bond donors (Lipinski definition) is 2. The first-order valence-corrected chi connectivity index (χ1v) is 8.81. The minimum atomic E-state index is -0.918. The van der Waals surface area contributed by atoms with Crippen molar-refractivity contribution in [1.82, 2.24) is 20.3 Å². The lowest BCUT2D eigenvalue weighted by molar-refractivity contribution is 0.0886. The summed E-state index contributed by atoms with van der Waals surface area (Å²) in [6.07, 6.45) is 1.24. The standard InChI is InChI=1S/C17H24N6O4/c1-12(2)10-23(15-3-6-19-14(9-18)20-15)21-16(24)27-11-13-4-7-22(8-5-13)17(25)26/h3,6,12-13H,4-5,7-8,10-11H2,1-2H3,(H,21,24)(H,25,26). The number of anilines is 1. The first-order chi connectivity index (χ1) is 12.9. The molecular formula is C17H24N6O4. The van der Waals surface area contributed by atoms with Crippen LogP contribution in [0, 0.1) is 23.2 Å². The fourth-order valence-corrected chi connectivity index (χ4v) is 2.74. The Morgan fingerprint density at radius 1 is 1.48 bits per heavy atom. The third-order valence-corrected chi connectivity index (χ3v) is 4.13.